The van der Waals surface area contributed by atoms with Crippen LogP contribution in [-0.2, 0) is 6.42 Å². The van der Waals surface area contributed by atoms with Crippen LogP contribution in [0.2, 0.25) is 0 Å². The molecule has 1 aliphatic carbocycles. The number of hydrogen-bond donors (Lipinski definition) is 1. The highest BCUT2D eigenvalue weighted by Crippen LogP contribution is 2.32. The summed E-state index contributed by atoms with van der Waals surface area (Å²) in [6.07, 6.45) is 5.22. The molecule has 6 heteroatoms. The van der Waals surface area contributed by atoms with Crippen LogP contribution >= 0.6 is 0 Å². The van der Waals surface area contributed by atoms with Crippen molar-refractivity contribution < 1.29 is 9.59 Å². The maximum Gasteiger partial charge on any atom is 0.270 e. The Labute approximate surface area is 170 Å². The van der Waals surface area contributed by atoms with Gasteiger partial charge in [0.2, 0.25) is 0 Å². The van der Waals surface area contributed by atoms with Crippen LogP contribution in [0, 0.1) is 6.92 Å². The fourth-order valence-corrected chi connectivity index (χ4v) is 4.08. The van der Waals surface area contributed by atoms with Gasteiger partial charge in [0.1, 0.15) is 11.3 Å². The molecule has 0 fully saturated rings. The molecule has 0 saturated carbocycles. The van der Waals surface area contributed by atoms with Crippen LogP contribution in [-0.4, -0.2) is 39.2 Å². The summed E-state index contributed by atoms with van der Waals surface area (Å²) in [4.78, 5) is 31.7. The van der Waals surface area contributed by atoms with Crippen molar-refractivity contribution in [1.82, 2.24) is 19.6 Å². The number of imidazole rings is 1. The number of rotatable bonds is 5. The Balaban J connectivity index is 1.54. The minimum Gasteiger partial charge on any atom is -0.344 e. The number of amides is 2. The van der Waals surface area contributed by atoms with Crippen LogP contribution in [0.4, 0.5) is 0 Å². The number of carbonyl (C=O) groups is 2. The van der Waals surface area contributed by atoms with Crippen molar-refractivity contribution in [3.05, 3.63) is 70.7 Å². The molecule has 1 N–H and O–H groups in total. The van der Waals surface area contributed by atoms with E-state index >= 15 is 0 Å². The second-order valence-corrected chi connectivity index (χ2v) is 7.53. The summed E-state index contributed by atoms with van der Waals surface area (Å²) in [5.74, 6) is -0.0735. The number of nitrogens with zero attached hydrogens (tertiary/aromatic N) is 3. The van der Waals surface area contributed by atoms with Gasteiger partial charge in [0.05, 0.1) is 12.2 Å². The summed E-state index contributed by atoms with van der Waals surface area (Å²) < 4.78 is 1.83. The normalized spacial score (nSPS) is 15.3. The van der Waals surface area contributed by atoms with E-state index in [1.54, 1.807) is 6.20 Å². The SMILES string of the molecule is CCN(CC)C(=O)c1ccc2c(c1)CC[C@H]2NC(=O)c1cnc2ccc(C)cn12. The average molecular weight is 390 g/mol. The zero-order valence-electron chi connectivity index (χ0n) is 17.1. The topological polar surface area (TPSA) is 66.7 Å². The van der Waals surface area contributed by atoms with Crippen LogP contribution in [0.15, 0.2) is 42.7 Å². The highest BCUT2D eigenvalue weighted by Gasteiger charge is 2.26. The molecule has 2 heterocycles. The van der Waals surface area contributed by atoms with Crippen molar-refractivity contribution in [2.45, 2.75) is 39.7 Å². The van der Waals surface area contributed by atoms with Gasteiger partial charge in [-0.15, -0.1) is 0 Å². The molecule has 0 saturated heterocycles. The first kappa shape index (κ1) is 19.2. The number of carbonyl (C=O) groups excluding carboxylic acids is 2. The molecular weight excluding hydrogens is 364 g/mol. The highest BCUT2D eigenvalue weighted by molar-refractivity contribution is 5.95. The van der Waals surface area contributed by atoms with E-state index in [1.807, 2.05) is 66.6 Å². The van der Waals surface area contributed by atoms with Crippen LogP contribution in [0.3, 0.4) is 0 Å². The number of fused-ring (bicyclic) bond motifs is 2. The summed E-state index contributed by atoms with van der Waals surface area (Å²) in [6, 6.07) is 9.69. The van der Waals surface area contributed by atoms with E-state index in [-0.39, 0.29) is 17.9 Å². The van der Waals surface area contributed by atoms with E-state index in [9.17, 15) is 9.59 Å². The van der Waals surface area contributed by atoms with E-state index in [4.69, 9.17) is 0 Å². The van der Waals surface area contributed by atoms with Gasteiger partial charge < -0.3 is 10.2 Å². The van der Waals surface area contributed by atoms with Gasteiger partial charge in [0.15, 0.2) is 0 Å². The third-order valence-electron chi connectivity index (χ3n) is 5.71. The van der Waals surface area contributed by atoms with Gasteiger partial charge in [-0.3, -0.25) is 14.0 Å². The smallest absolute Gasteiger partial charge is 0.270 e. The molecule has 1 aromatic carbocycles. The minimum absolute atomic E-state index is 0.0505. The van der Waals surface area contributed by atoms with Crippen LogP contribution in [0.25, 0.3) is 5.65 Å². The average Bonchev–Trinajstić information content (AvgIpc) is 3.32. The summed E-state index contributed by atoms with van der Waals surface area (Å²) >= 11 is 0. The lowest BCUT2D eigenvalue weighted by molar-refractivity contribution is 0.0772. The van der Waals surface area contributed by atoms with Crippen molar-refractivity contribution in [3.8, 4) is 0 Å². The van der Waals surface area contributed by atoms with Crippen LogP contribution in [0.5, 0.6) is 0 Å². The zero-order chi connectivity index (χ0) is 20.5. The maximum atomic E-state index is 12.9. The van der Waals surface area contributed by atoms with Crippen molar-refractivity contribution in [2.75, 3.05) is 13.1 Å². The number of benzene rings is 1. The van der Waals surface area contributed by atoms with Crippen molar-refractivity contribution in [1.29, 1.82) is 0 Å². The summed E-state index contributed by atoms with van der Waals surface area (Å²) in [7, 11) is 0. The molecule has 0 aliphatic heterocycles. The molecule has 29 heavy (non-hydrogen) atoms. The predicted molar refractivity (Wildman–Crippen MR) is 112 cm³/mol. The van der Waals surface area contributed by atoms with Gasteiger partial charge in [-0.2, -0.15) is 0 Å². The standard InChI is InChI=1S/C23H26N4O2/c1-4-26(5-2)23(29)17-7-9-18-16(12-17)8-10-19(18)25-22(28)20-13-24-21-11-6-15(3)14-27(20)21/h6-7,9,11-14,19H,4-5,8,10H2,1-3H3,(H,25,28)/t19-/m1/s1. The van der Waals surface area contributed by atoms with E-state index in [0.717, 1.165) is 40.7 Å². The van der Waals surface area contributed by atoms with Crippen molar-refractivity contribution in [3.63, 3.8) is 0 Å². The first-order valence-electron chi connectivity index (χ1n) is 10.2. The quantitative estimate of drug-likeness (QED) is 0.725. The Morgan fingerprint density at radius 2 is 2.00 bits per heavy atom. The minimum atomic E-state index is -0.135. The molecule has 1 atom stereocenters. The molecule has 150 valence electrons. The second-order valence-electron chi connectivity index (χ2n) is 7.53. The Hall–Kier alpha value is -3.15. The molecule has 3 aromatic rings. The fourth-order valence-electron chi connectivity index (χ4n) is 4.08. The summed E-state index contributed by atoms with van der Waals surface area (Å²) in [6.45, 7) is 7.36. The van der Waals surface area contributed by atoms with Gasteiger partial charge in [0, 0.05) is 24.8 Å². The van der Waals surface area contributed by atoms with Gasteiger partial charge in [0.25, 0.3) is 11.8 Å². The molecule has 1 aliphatic rings. The number of hydrogen-bond acceptors (Lipinski definition) is 3. The molecule has 0 bridgehead atoms. The first-order chi connectivity index (χ1) is 14.0. The maximum absolute atomic E-state index is 12.9. The van der Waals surface area contributed by atoms with Gasteiger partial charge >= 0.3 is 0 Å². The lowest BCUT2D eigenvalue weighted by Crippen LogP contribution is -2.30. The Morgan fingerprint density at radius 3 is 2.76 bits per heavy atom. The predicted octanol–water partition coefficient (Wildman–Crippen LogP) is 3.54. The molecule has 4 rings (SSSR count). The largest absolute Gasteiger partial charge is 0.344 e. The molecule has 0 radical (unpaired) electrons. The summed E-state index contributed by atoms with van der Waals surface area (Å²) in [5, 5.41) is 3.15. The Bertz CT molecular complexity index is 1080. The third kappa shape index (κ3) is 3.50. The molecule has 2 amide bonds. The molecular formula is C23H26N4O2. The Kier molecular flexibility index (Phi) is 5.09. The number of aromatic nitrogens is 2. The van der Waals surface area contributed by atoms with Crippen LogP contribution < -0.4 is 5.32 Å². The molecule has 0 spiro atoms. The van der Waals surface area contributed by atoms with E-state index < -0.39 is 0 Å². The second kappa shape index (κ2) is 7.70. The lowest BCUT2D eigenvalue weighted by atomic mass is 10.0. The highest BCUT2D eigenvalue weighted by atomic mass is 16.2. The monoisotopic (exact) mass is 390 g/mol. The van der Waals surface area contributed by atoms with Crippen molar-refractivity contribution >= 4 is 17.5 Å². The Morgan fingerprint density at radius 1 is 1.21 bits per heavy atom. The number of nitrogens with one attached hydrogen (secondary N) is 1. The van der Waals surface area contributed by atoms with Gasteiger partial charge in [-0.05, 0) is 68.5 Å². The summed E-state index contributed by atoms with van der Waals surface area (Å²) in [5.41, 5.74) is 5.32. The van der Waals surface area contributed by atoms with E-state index in [0.29, 0.717) is 18.8 Å². The van der Waals surface area contributed by atoms with Gasteiger partial charge in [-0.25, -0.2) is 4.98 Å². The number of aryl methyl sites for hydroxylation is 2. The molecule has 0 unspecified atom stereocenters. The number of pyridine rings is 1. The zero-order valence-corrected chi connectivity index (χ0v) is 17.1. The fraction of sp³-hybridized carbons (Fsp3) is 0.348. The van der Waals surface area contributed by atoms with E-state index in [2.05, 4.69) is 10.3 Å². The van der Waals surface area contributed by atoms with Crippen LogP contribution in [0.1, 0.15) is 63.8 Å². The van der Waals surface area contributed by atoms with Gasteiger partial charge in [-0.1, -0.05) is 12.1 Å². The van der Waals surface area contributed by atoms with Crippen molar-refractivity contribution in [2.24, 2.45) is 0 Å². The molecule has 6 nitrogen and oxygen atoms in total. The first-order valence-corrected chi connectivity index (χ1v) is 10.2. The molecule has 2 aromatic heterocycles. The third-order valence-corrected chi connectivity index (χ3v) is 5.71. The lowest BCUT2D eigenvalue weighted by Gasteiger charge is -2.19. The van der Waals surface area contributed by atoms with E-state index in [1.165, 1.54) is 0 Å².